The average Bonchev–Trinajstić information content (AvgIpc) is 2.37. The minimum absolute atomic E-state index is 0.262. The van der Waals surface area contributed by atoms with Crippen molar-refractivity contribution in [3.63, 3.8) is 0 Å². The van der Waals surface area contributed by atoms with Crippen LogP contribution >= 0.6 is 0 Å². The van der Waals surface area contributed by atoms with Gasteiger partial charge in [-0.1, -0.05) is 0 Å². The van der Waals surface area contributed by atoms with Crippen LogP contribution in [0, 0.1) is 0 Å². The highest BCUT2D eigenvalue weighted by atomic mass is 32.2. The van der Waals surface area contributed by atoms with E-state index in [0.29, 0.717) is 0 Å². The van der Waals surface area contributed by atoms with Crippen LogP contribution in [-0.2, 0) is 19.0 Å². The van der Waals surface area contributed by atoms with E-state index in [1.165, 1.54) is 0 Å². The molecule has 0 amide bonds. The highest BCUT2D eigenvalue weighted by Crippen LogP contribution is 2.55. The average molecular weight is 382 g/mol. The molecule has 0 atom stereocenters. The third kappa shape index (κ3) is 3.22. The first-order chi connectivity index (χ1) is 10.1. The Bertz CT molecular complexity index is 578. The fourth-order valence-electron chi connectivity index (χ4n) is 1.30. The number of ether oxygens (including phenoxy) is 1. The molecular weight excluding hydrogens is 375 g/mol. The van der Waals surface area contributed by atoms with Crippen LogP contribution in [0.3, 0.4) is 0 Å². The van der Waals surface area contributed by atoms with E-state index in [4.69, 9.17) is 0 Å². The third-order valence-electron chi connectivity index (χ3n) is 2.57. The largest absolute Gasteiger partial charge is 0.460 e. The van der Waals surface area contributed by atoms with E-state index in [9.17, 15) is 47.9 Å². The van der Waals surface area contributed by atoms with Crippen LogP contribution in [0.2, 0.25) is 0 Å². The first kappa shape index (κ1) is 19.9. The lowest BCUT2D eigenvalue weighted by Crippen LogP contribution is -2.63. The van der Waals surface area contributed by atoms with E-state index in [2.05, 4.69) is 8.92 Å². The molecule has 1 rings (SSSR count). The minimum Gasteiger partial charge on any atom is -0.383 e. The molecule has 14 heteroatoms. The number of hydrogen-bond acceptors (Lipinski definition) is 4. The Morgan fingerprint density at radius 3 is 1.87 bits per heavy atom. The molecule has 1 aliphatic rings. The summed E-state index contributed by atoms with van der Waals surface area (Å²) in [6.07, 6.45) is -6.89. The highest BCUT2D eigenvalue weighted by molar-refractivity contribution is 7.88. The fraction of sp³-hybridized carbons (Fsp3) is 0.778. The van der Waals surface area contributed by atoms with Gasteiger partial charge in [0.15, 0.2) is 0 Å². The second-order valence-corrected chi connectivity index (χ2v) is 5.78. The van der Waals surface area contributed by atoms with Gasteiger partial charge in [0.1, 0.15) is 5.76 Å². The van der Waals surface area contributed by atoms with E-state index in [0.717, 1.165) is 6.08 Å². The van der Waals surface area contributed by atoms with Gasteiger partial charge in [-0.25, -0.2) is 0 Å². The molecule has 0 saturated heterocycles. The Hall–Kier alpha value is -1.18. The summed E-state index contributed by atoms with van der Waals surface area (Å²) in [6.45, 7) is -0.618. The van der Waals surface area contributed by atoms with Crippen molar-refractivity contribution in [2.45, 2.75) is 29.7 Å². The van der Waals surface area contributed by atoms with Crippen molar-refractivity contribution in [3.05, 3.63) is 11.8 Å². The normalized spacial score (nSPS) is 18.6. The first-order valence-electron chi connectivity index (χ1n) is 5.49. The molecule has 136 valence electrons. The maximum absolute atomic E-state index is 13.3. The SMILES string of the molecule is O=S(=O)(OC1=CCOCC1)C(F)(F)C(F)(F)C(F)(F)C(F)(F)F. The lowest BCUT2D eigenvalue weighted by Gasteiger charge is -2.32. The molecule has 0 bridgehead atoms. The van der Waals surface area contributed by atoms with Crippen LogP contribution in [0.1, 0.15) is 6.42 Å². The van der Waals surface area contributed by atoms with Crippen LogP contribution in [0.15, 0.2) is 11.8 Å². The van der Waals surface area contributed by atoms with Gasteiger partial charge in [0, 0.05) is 6.42 Å². The van der Waals surface area contributed by atoms with Gasteiger partial charge in [0.2, 0.25) is 0 Å². The molecule has 0 N–H and O–H groups in total. The van der Waals surface area contributed by atoms with Gasteiger partial charge in [-0.15, -0.1) is 0 Å². The van der Waals surface area contributed by atoms with E-state index < -0.39 is 45.6 Å². The van der Waals surface area contributed by atoms with Crippen molar-refractivity contribution in [1.29, 1.82) is 0 Å². The van der Waals surface area contributed by atoms with Gasteiger partial charge in [0.05, 0.1) is 13.2 Å². The molecule has 0 fully saturated rings. The summed E-state index contributed by atoms with van der Waals surface area (Å²) in [5.74, 6) is -15.5. The smallest absolute Gasteiger partial charge is 0.383 e. The molecule has 1 heterocycles. The highest BCUT2D eigenvalue weighted by Gasteiger charge is 2.86. The first-order valence-corrected chi connectivity index (χ1v) is 6.90. The van der Waals surface area contributed by atoms with Crippen molar-refractivity contribution < 1.29 is 56.9 Å². The second-order valence-electron chi connectivity index (χ2n) is 4.20. The summed E-state index contributed by atoms with van der Waals surface area (Å²) >= 11 is 0. The van der Waals surface area contributed by atoms with Crippen LogP contribution < -0.4 is 0 Å². The van der Waals surface area contributed by atoms with Crippen LogP contribution in [-0.4, -0.2) is 44.9 Å². The standard InChI is InChI=1S/C9H7F9O4S/c10-6(11,8(14,15)16)7(12,13)9(17,18)23(19,20)22-5-1-3-21-4-2-5/h1H,2-4H2. The predicted octanol–water partition coefficient (Wildman–Crippen LogP) is 3.06. The molecule has 23 heavy (non-hydrogen) atoms. The summed E-state index contributed by atoms with van der Waals surface area (Å²) in [6, 6.07) is 0. The molecule has 0 aromatic carbocycles. The molecular formula is C9H7F9O4S. The number of rotatable bonds is 5. The van der Waals surface area contributed by atoms with Gasteiger partial charge in [-0.3, -0.25) is 0 Å². The lowest BCUT2D eigenvalue weighted by atomic mass is 10.1. The summed E-state index contributed by atoms with van der Waals surface area (Å²) in [5, 5.41) is -6.85. The maximum Gasteiger partial charge on any atom is 0.460 e. The maximum atomic E-state index is 13.3. The molecule has 0 unspecified atom stereocenters. The van der Waals surface area contributed by atoms with Crippen molar-refractivity contribution in [2.24, 2.45) is 0 Å². The lowest BCUT2D eigenvalue weighted by molar-refractivity contribution is -0.382. The second kappa shape index (κ2) is 5.72. The van der Waals surface area contributed by atoms with Gasteiger partial charge in [-0.2, -0.15) is 47.9 Å². The van der Waals surface area contributed by atoms with E-state index >= 15 is 0 Å². The van der Waals surface area contributed by atoms with Crippen LogP contribution in [0.25, 0.3) is 0 Å². The van der Waals surface area contributed by atoms with Crippen LogP contribution in [0.4, 0.5) is 39.5 Å². The van der Waals surface area contributed by atoms with Crippen molar-refractivity contribution in [3.8, 4) is 0 Å². The minimum atomic E-state index is -7.32. The molecule has 0 aromatic rings. The number of alkyl halides is 9. The zero-order chi connectivity index (χ0) is 18.3. The van der Waals surface area contributed by atoms with Crippen molar-refractivity contribution in [2.75, 3.05) is 13.2 Å². The molecule has 1 aliphatic heterocycles. The summed E-state index contributed by atoms with van der Waals surface area (Å²) in [5.41, 5.74) is 0. The Morgan fingerprint density at radius 1 is 0.957 bits per heavy atom. The van der Waals surface area contributed by atoms with Gasteiger partial charge in [-0.05, 0) is 6.08 Å². The summed E-state index contributed by atoms with van der Waals surface area (Å²) in [4.78, 5) is 0. The number of hydrogen-bond donors (Lipinski definition) is 0. The van der Waals surface area contributed by atoms with Gasteiger partial charge >= 0.3 is 33.4 Å². The van der Waals surface area contributed by atoms with E-state index in [1.807, 2.05) is 0 Å². The molecule has 0 aliphatic carbocycles. The molecule has 4 nitrogen and oxygen atoms in total. The zero-order valence-corrected chi connectivity index (χ0v) is 11.5. The van der Waals surface area contributed by atoms with Gasteiger partial charge < -0.3 is 8.92 Å². The Labute approximate surface area is 123 Å². The van der Waals surface area contributed by atoms with Crippen molar-refractivity contribution in [1.82, 2.24) is 0 Å². The zero-order valence-electron chi connectivity index (χ0n) is 10.6. The number of halogens is 9. The monoisotopic (exact) mass is 382 g/mol. The predicted molar refractivity (Wildman–Crippen MR) is 54.4 cm³/mol. The Morgan fingerprint density at radius 2 is 1.48 bits per heavy atom. The van der Waals surface area contributed by atoms with E-state index in [-0.39, 0.29) is 13.2 Å². The topological polar surface area (TPSA) is 52.6 Å². The van der Waals surface area contributed by atoms with Crippen molar-refractivity contribution >= 4 is 10.1 Å². The fourth-order valence-corrected chi connectivity index (χ4v) is 2.28. The van der Waals surface area contributed by atoms with Crippen LogP contribution in [0.5, 0.6) is 0 Å². The molecule has 0 saturated carbocycles. The molecule has 0 spiro atoms. The summed E-state index contributed by atoms with van der Waals surface area (Å²) < 4.78 is 144. The van der Waals surface area contributed by atoms with E-state index in [1.54, 1.807) is 0 Å². The molecule has 0 aromatic heterocycles. The quantitative estimate of drug-likeness (QED) is 0.542. The Balaban J connectivity index is 3.24. The molecule has 0 radical (unpaired) electrons. The summed E-state index contributed by atoms with van der Waals surface area (Å²) in [7, 11) is -6.85. The Kier molecular flexibility index (Phi) is 4.94. The third-order valence-corrected chi connectivity index (χ3v) is 3.89. The van der Waals surface area contributed by atoms with Gasteiger partial charge in [0.25, 0.3) is 0 Å².